The topological polar surface area (TPSA) is 113 Å². The highest BCUT2D eigenvalue weighted by Crippen LogP contribution is 2.61. The number of benzene rings is 1. The molecule has 6 nitrogen and oxygen atoms in total. The van der Waals surface area contributed by atoms with Gasteiger partial charge in [0.15, 0.2) is 0 Å². The van der Waals surface area contributed by atoms with E-state index in [0.29, 0.717) is 6.54 Å². The number of nitrogens with one attached hydrogen (secondary N) is 1. The van der Waals surface area contributed by atoms with Gasteiger partial charge in [0.05, 0.1) is 5.92 Å². The maximum atomic E-state index is 11.4. The summed E-state index contributed by atoms with van der Waals surface area (Å²) in [5.41, 5.74) is 5.62. The van der Waals surface area contributed by atoms with Gasteiger partial charge in [0.2, 0.25) is 0 Å². The Bertz CT molecular complexity index is 576. The van der Waals surface area contributed by atoms with Gasteiger partial charge in [-0.05, 0) is 17.9 Å². The van der Waals surface area contributed by atoms with Gasteiger partial charge in [-0.2, -0.15) is 0 Å². The zero-order valence-electron chi connectivity index (χ0n) is 11.4. The Labute approximate surface area is 122 Å². The molecule has 2 aliphatic carbocycles. The molecular weight excluding hydrogens is 272 g/mol. The molecule has 21 heavy (non-hydrogen) atoms. The summed E-state index contributed by atoms with van der Waals surface area (Å²) >= 11 is 0. The second-order valence-corrected chi connectivity index (χ2v) is 5.99. The van der Waals surface area contributed by atoms with Gasteiger partial charge in [-0.15, -0.1) is 0 Å². The van der Waals surface area contributed by atoms with E-state index in [4.69, 9.17) is 5.73 Å². The highest BCUT2D eigenvalue weighted by Gasteiger charge is 2.73. The summed E-state index contributed by atoms with van der Waals surface area (Å²) in [6.07, 6.45) is 0.272. The average molecular weight is 290 g/mol. The first-order chi connectivity index (χ1) is 9.95. The lowest BCUT2D eigenvalue weighted by molar-refractivity contribution is -0.145. The predicted molar refractivity (Wildman–Crippen MR) is 74.3 cm³/mol. The van der Waals surface area contributed by atoms with Gasteiger partial charge in [-0.1, -0.05) is 30.3 Å². The van der Waals surface area contributed by atoms with Crippen LogP contribution >= 0.6 is 0 Å². The van der Waals surface area contributed by atoms with Crippen molar-refractivity contribution in [1.82, 2.24) is 5.32 Å². The van der Waals surface area contributed by atoms with Gasteiger partial charge in [-0.3, -0.25) is 9.59 Å². The van der Waals surface area contributed by atoms with Crippen LogP contribution in [0.5, 0.6) is 0 Å². The zero-order valence-corrected chi connectivity index (χ0v) is 11.4. The van der Waals surface area contributed by atoms with Crippen molar-refractivity contribution in [1.29, 1.82) is 0 Å². The molecule has 6 heteroatoms. The molecule has 2 fully saturated rings. The number of carboxylic acids is 2. The third-order valence-electron chi connectivity index (χ3n) is 4.79. The maximum Gasteiger partial charge on any atom is 0.324 e. The fourth-order valence-corrected chi connectivity index (χ4v) is 3.74. The number of hydrogen-bond acceptors (Lipinski definition) is 4. The van der Waals surface area contributed by atoms with E-state index in [1.54, 1.807) is 0 Å². The second kappa shape index (κ2) is 4.82. The Balaban J connectivity index is 1.72. The van der Waals surface area contributed by atoms with Crippen molar-refractivity contribution in [2.24, 2.45) is 23.5 Å². The van der Waals surface area contributed by atoms with Crippen LogP contribution in [-0.2, 0) is 16.1 Å². The molecule has 0 spiro atoms. The summed E-state index contributed by atoms with van der Waals surface area (Å²) in [4.78, 5) is 22.6. The average Bonchev–Trinajstić information content (AvgIpc) is 3.14. The van der Waals surface area contributed by atoms with Crippen LogP contribution in [0.1, 0.15) is 12.0 Å². The van der Waals surface area contributed by atoms with Crippen molar-refractivity contribution in [3.05, 3.63) is 35.9 Å². The minimum absolute atomic E-state index is 0.169. The molecule has 5 atom stereocenters. The van der Waals surface area contributed by atoms with Gasteiger partial charge in [0.1, 0.15) is 5.54 Å². The number of aliphatic carboxylic acids is 2. The molecule has 0 amide bonds. The maximum absolute atomic E-state index is 11.4. The van der Waals surface area contributed by atoms with Crippen LogP contribution in [0, 0.1) is 17.8 Å². The van der Waals surface area contributed by atoms with Crippen molar-refractivity contribution in [3.63, 3.8) is 0 Å². The van der Waals surface area contributed by atoms with E-state index >= 15 is 0 Å². The summed E-state index contributed by atoms with van der Waals surface area (Å²) in [5, 5.41) is 21.8. The summed E-state index contributed by atoms with van der Waals surface area (Å²) in [6.45, 7) is 0.580. The lowest BCUT2D eigenvalue weighted by Crippen LogP contribution is -2.51. The Hall–Kier alpha value is -1.92. The number of carbonyl (C=O) groups is 2. The molecule has 0 heterocycles. The van der Waals surface area contributed by atoms with Crippen LogP contribution in [0.15, 0.2) is 30.3 Å². The molecular formula is C15H18N2O4. The van der Waals surface area contributed by atoms with Gasteiger partial charge < -0.3 is 21.3 Å². The molecule has 0 unspecified atom stereocenters. The van der Waals surface area contributed by atoms with Crippen LogP contribution in [-0.4, -0.2) is 33.7 Å². The van der Waals surface area contributed by atoms with Crippen molar-refractivity contribution in [2.45, 2.75) is 24.5 Å². The minimum Gasteiger partial charge on any atom is -0.481 e. The molecule has 5 N–H and O–H groups in total. The van der Waals surface area contributed by atoms with Gasteiger partial charge >= 0.3 is 11.9 Å². The molecule has 1 aromatic carbocycles. The Morgan fingerprint density at radius 2 is 1.95 bits per heavy atom. The fourth-order valence-electron chi connectivity index (χ4n) is 3.74. The minimum atomic E-state index is -1.43. The molecule has 1 aromatic rings. The molecule has 0 saturated heterocycles. The molecule has 3 rings (SSSR count). The lowest BCUT2D eigenvalue weighted by atomic mass is 9.90. The van der Waals surface area contributed by atoms with Crippen LogP contribution < -0.4 is 11.1 Å². The van der Waals surface area contributed by atoms with Crippen LogP contribution in [0.4, 0.5) is 0 Å². The normalized spacial score (nSPS) is 37.0. The third-order valence-corrected chi connectivity index (χ3v) is 4.79. The van der Waals surface area contributed by atoms with E-state index in [0.717, 1.165) is 5.56 Å². The Morgan fingerprint density at radius 3 is 2.52 bits per heavy atom. The highest BCUT2D eigenvalue weighted by molar-refractivity contribution is 5.85. The summed E-state index contributed by atoms with van der Waals surface area (Å²) in [5.74, 6) is -3.36. The molecule has 0 aromatic heterocycles. The van der Waals surface area contributed by atoms with Gasteiger partial charge in [0, 0.05) is 18.5 Å². The quantitative estimate of drug-likeness (QED) is 0.619. The van der Waals surface area contributed by atoms with Crippen molar-refractivity contribution < 1.29 is 19.8 Å². The molecule has 0 radical (unpaired) electrons. The second-order valence-electron chi connectivity index (χ2n) is 5.99. The summed E-state index contributed by atoms with van der Waals surface area (Å²) in [6, 6.07) is 9.54. The van der Waals surface area contributed by atoms with E-state index in [1.807, 2.05) is 30.3 Å². The van der Waals surface area contributed by atoms with E-state index in [2.05, 4.69) is 5.32 Å². The number of rotatable bonds is 5. The molecule has 0 aliphatic heterocycles. The van der Waals surface area contributed by atoms with E-state index in [9.17, 15) is 19.8 Å². The summed E-state index contributed by atoms with van der Waals surface area (Å²) in [7, 11) is 0. The van der Waals surface area contributed by atoms with E-state index in [1.165, 1.54) is 0 Å². The van der Waals surface area contributed by atoms with E-state index in [-0.39, 0.29) is 18.4 Å². The zero-order chi connectivity index (χ0) is 15.2. The molecule has 0 bridgehead atoms. The largest absolute Gasteiger partial charge is 0.481 e. The number of hydrogen-bond donors (Lipinski definition) is 4. The van der Waals surface area contributed by atoms with Crippen LogP contribution in [0.3, 0.4) is 0 Å². The standard InChI is InChI=1S/C15H18N2O4/c16-15(14(20)21)6-9(10-11(12(10)15)13(18)19)17-7-8-4-2-1-3-5-8/h1-5,9-12,17H,6-7,16H2,(H,18,19)(H,20,21)/t9-,10-,11-,12-,15-/m0/s1. The van der Waals surface area contributed by atoms with Gasteiger partial charge in [0.25, 0.3) is 0 Å². The number of fused-ring (bicyclic) bond motifs is 1. The Kier molecular flexibility index (Phi) is 3.22. The van der Waals surface area contributed by atoms with Crippen LogP contribution in [0.2, 0.25) is 0 Å². The smallest absolute Gasteiger partial charge is 0.324 e. The first kappa shape index (κ1) is 14.0. The van der Waals surface area contributed by atoms with Gasteiger partial charge in [-0.25, -0.2) is 0 Å². The first-order valence-corrected chi connectivity index (χ1v) is 6.97. The SMILES string of the molecule is N[C@@]1(C(=O)O)C[C@H](NCc2ccccc2)[C@H]2[C@H](C(=O)O)[C@H]21. The Morgan fingerprint density at radius 1 is 1.29 bits per heavy atom. The monoisotopic (exact) mass is 290 g/mol. The van der Waals surface area contributed by atoms with Crippen molar-refractivity contribution in [3.8, 4) is 0 Å². The first-order valence-electron chi connectivity index (χ1n) is 6.97. The van der Waals surface area contributed by atoms with Crippen molar-refractivity contribution in [2.75, 3.05) is 0 Å². The van der Waals surface area contributed by atoms with E-state index < -0.39 is 29.3 Å². The number of nitrogens with two attached hydrogens (primary N) is 1. The predicted octanol–water partition coefficient (Wildman–Crippen LogP) is 0.277. The molecule has 2 aliphatic rings. The van der Waals surface area contributed by atoms with Crippen molar-refractivity contribution >= 4 is 11.9 Å². The summed E-state index contributed by atoms with van der Waals surface area (Å²) < 4.78 is 0. The third kappa shape index (κ3) is 2.20. The molecule has 2 saturated carbocycles. The molecule has 112 valence electrons. The lowest BCUT2D eigenvalue weighted by Gasteiger charge is -2.25. The fraction of sp³-hybridized carbons (Fsp3) is 0.467. The highest BCUT2D eigenvalue weighted by atomic mass is 16.4. The number of carboxylic acid groups (broad SMARTS) is 2. The van der Waals surface area contributed by atoms with Crippen LogP contribution in [0.25, 0.3) is 0 Å².